The zero-order chi connectivity index (χ0) is 10.4. The molecule has 0 aliphatic rings. The van der Waals surface area contributed by atoms with Crippen molar-refractivity contribution >= 4 is 0 Å². The lowest BCUT2D eigenvalue weighted by atomic mass is 10.2. The van der Waals surface area contributed by atoms with Gasteiger partial charge in [0.05, 0.1) is 12.7 Å². The van der Waals surface area contributed by atoms with Gasteiger partial charge in [0.2, 0.25) is 0 Å². The molecule has 0 amide bonds. The molecule has 0 heterocycles. The molecule has 3 heteroatoms. The Morgan fingerprint density at radius 1 is 1.29 bits per heavy atom. The van der Waals surface area contributed by atoms with E-state index in [0.29, 0.717) is 6.61 Å². The molecule has 0 aliphatic heterocycles. The van der Waals surface area contributed by atoms with Gasteiger partial charge in [-0.05, 0) is 24.6 Å². The van der Waals surface area contributed by atoms with Crippen LogP contribution in [0.5, 0.6) is 5.75 Å². The number of aliphatic hydroxyl groups is 1. The molecule has 1 unspecified atom stereocenters. The highest BCUT2D eigenvalue weighted by Gasteiger charge is 2.00. The quantitative estimate of drug-likeness (QED) is 0.777. The van der Waals surface area contributed by atoms with E-state index in [-0.39, 0.29) is 12.7 Å². The Hall–Kier alpha value is -1.06. The van der Waals surface area contributed by atoms with Crippen molar-refractivity contribution in [1.82, 2.24) is 0 Å². The van der Waals surface area contributed by atoms with E-state index in [1.54, 1.807) is 7.11 Å². The van der Waals surface area contributed by atoms with Gasteiger partial charge in [-0.3, -0.25) is 0 Å². The van der Waals surface area contributed by atoms with Gasteiger partial charge in [0.1, 0.15) is 12.4 Å². The van der Waals surface area contributed by atoms with Crippen molar-refractivity contribution in [3.05, 3.63) is 29.8 Å². The Morgan fingerprint density at radius 2 is 1.93 bits per heavy atom. The van der Waals surface area contributed by atoms with Crippen LogP contribution in [0.2, 0.25) is 0 Å². The molecule has 0 spiro atoms. The predicted octanol–water partition coefficient (Wildman–Crippen LogP) is 1.59. The molecule has 3 nitrogen and oxygen atoms in total. The number of rotatable bonds is 5. The highest BCUT2D eigenvalue weighted by atomic mass is 16.5. The van der Waals surface area contributed by atoms with Crippen LogP contribution < -0.4 is 4.74 Å². The first-order chi connectivity index (χ1) is 6.76. The van der Waals surface area contributed by atoms with Crippen molar-refractivity contribution in [2.75, 3.05) is 13.7 Å². The van der Waals surface area contributed by atoms with Gasteiger partial charge in [0, 0.05) is 7.11 Å². The molecule has 1 atom stereocenters. The molecule has 78 valence electrons. The molecular formula is C11H16O3. The van der Waals surface area contributed by atoms with E-state index < -0.39 is 0 Å². The fourth-order valence-corrected chi connectivity index (χ4v) is 0.973. The summed E-state index contributed by atoms with van der Waals surface area (Å²) in [4.78, 5) is 0. The van der Waals surface area contributed by atoms with E-state index in [2.05, 4.69) is 0 Å². The van der Waals surface area contributed by atoms with Gasteiger partial charge in [0.15, 0.2) is 0 Å². The van der Waals surface area contributed by atoms with Crippen LogP contribution >= 0.6 is 0 Å². The molecular weight excluding hydrogens is 180 g/mol. The summed E-state index contributed by atoms with van der Waals surface area (Å²) >= 11 is 0. The number of hydrogen-bond donors (Lipinski definition) is 1. The van der Waals surface area contributed by atoms with Crippen LogP contribution in [-0.2, 0) is 11.3 Å². The fourth-order valence-electron chi connectivity index (χ4n) is 0.973. The van der Waals surface area contributed by atoms with Crippen molar-refractivity contribution in [3.8, 4) is 5.75 Å². The average molecular weight is 196 g/mol. The number of hydrogen-bond acceptors (Lipinski definition) is 3. The summed E-state index contributed by atoms with van der Waals surface area (Å²) in [5.41, 5.74) is 0.886. The minimum atomic E-state index is 0.0642. The number of benzene rings is 1. The van der Waals surface area contributed by atoms with E-state index in [1.165, 1.54) is 0 Å². The molecule has 1 aromatic carbocycles. The second-order valence-corrected chi connectivity index (χ2v) is 3.16. The topological polar surface area (TPSA) is 38.7 Å². The van der Waals surface area contributed by atoms with Crippen molar-refractivity contribution in [3.63, 3.8) is 0 Å². The average Bonchev–Trinajstić information content (AvgIpc) is 2.26. The Morgan fingerprint density at radius 3 is 2.43 bits per heavy atom. The minimum absolute atomic E-state index is 0.0642. The zero-order valence-electron chi connectivity index (χ0n) is 8.56. The van der Waals surface area contributed by atoms with Crippen LogP contribution in [0.4, 0.5) is 0 Å². The Labute approximate surface area is 84.3 Å². The van der Waals surface area contributed by atoms with Crippen molar-refractivity contribution < 1.29 is 14.6 Å². The number of methoxy groups -OCH3 is 1. The lowest BCUT2D eigenvalue weighted by molar-refractivity contribution is 0.0716. The molecule has 0 bridgehead atoms. The normalized spacial score (nSPS) is 12.5. The summed E-state index contributed by atoms with van der Waals surface area (Å²) in [5.74, 6) is 0.797. The monoisotopic (exact) mass is 196 g/mol. The molecule has 0 radical (unpaired) electrons. The van der Waals surface area contributed by atoms with Crippen LogP contribution in [0.3, 0.4) is 0 Å². The van der Waals surface area contributed by atoms with Crippen LogP contribution in [-0.4, -0.2) is 24.9 Å². The second kappa shape index (κ2) is 5.62. The van der Waals surface area contributed by atoms with E-state index in [9.17, 15) is 0 Å². The summed E-state index contributed by atoms with van der Waals surface area (Å²) < 4.78 is 10.5. The SMILES string of the molecule is COC(C)COc1ccc(CO)cc1. The van der Waals surface area contributed by atoms with Gasteiger partial charge in [-0.1, -0.05) is 12.1 Å². The molecule has 0 saturated heterocycles. The largest absolute Gasteiger partial charge is 0.491 e. The number of ether oxygens (including phenoxy) is 2. The summed E-state index contributed by atoms with van der Waals surface area (Å²) in [6, 6.07) is 7.36. The van der Waals surface area contributed by atoms with Crippen molar-refractivity contribution in [2.24, 2.45) is 0 Å². The molecule has 0 fully saturated rings. The first-order valence-corrected chi connectivity index (χ1v) is 4.61. The zero-order valence-corrected chi connectivity index (χ0v) is 8.56. The van der Waals surface area contributed by atoms with Crippen LogP contribution in [0.15, 0.2) is 24.3 Å². The number of aliphatic hydroxyl groups excluding tert-OH is 1. The van der Waals surface area contributed by atoms with Crippen molar-refractivity contribution in [2.45, 2.75) is 19.6 Å². The molecule has 0 aliphatic carbocycles. The third-order valence-corrected chi connectivity index (χ3v) is 1.99. The Bertz CT molecular complexity index is 256. The smallest absolute Gasteiger partial charge is 0.119 e. The fraction of sp³-hybridized carbons (Fsp3) is 0.455. The second-order valence-electron chi connectivity index (χ2n) is 3.16. The van der Waals surface area contributed by atoms with Gasteiger partial charge in [-0.2, -0.15) is 0 Å². The van der Waals surface area contributed by atoms with Crippen LogP contribution in [0, 0.1) is 0 Å². The first kappa shape index (κ1) is 11.0. The molecule has 1 aromatic rings. The van der Waals surface area contributed by atoms with Crippen molar-refractivity contribution in [1.29, 1.82) is 0 Å². The predicted molar refractivity (Wildman–Crippen MR) is 54.3 cm³/mol. The van der Waals surface area contributed by atoms with Gasteiger partial charge >= 0.3 is 0 Å². The summed E-state index contributed by atoms with van der Waals surface area (Å²) in [5, 5.41) is 8.82. The van der Waals surface area contributed by atoms with Crippen LogP contribution in [0.1, 0.15) is 12.5 Å². The molecule has 0 saturated carbocycles. The first-order valence-electron chi connectivity index (χ1n) is 4.61. The standard InChI is InChI=1S/C11H16O3/c1-9(13-2)8-14-11-5-3-10(7-12)4-6-11/h3-6,9,12H,7-8H2,1-2H3. The molecule has 14 heavy (non-hydrogen) atoms. The molecule has 1 rings (SSSR count). The maximum Gasteiger partial charge on any atom is 0.119 e. The van der Waals surface area contributed by atoms with Gasteiger partial charge in [-0.15, -0.1) is 0 Å². The van der Waals surface area contributed by atoms with Crippen LogP contribution in [0.25, 0.3) is 0 Å². The molecule has 1 N–H and O–H groups in total. The van der Waals surface area contributed by atoms with E-state index in [4.69, 9.17) is 14.6 Å². The maximum atomic E-state index is 8.82. The Balaban J connectivity index is 2.43. The lowest BCUT2D eigenvalue weighted by Crippen LogP contribution is -2.15. The van der Waals surface area contributed by atoms with E-state index in [0.717, 1.165) is 11.3 Å². The third-order valence-electron chi connectivity index (χ3n) is 1.99. The minimum Gasteiger partial charge on any atom is -0.491 e. The molecule has 0 aromatic heterocycles. The summed E-state index contributed by atoms with van der Waals surface area (Å²) in [6.45, 7) is 2.55. The van der Waals surface area contributed by atoms with E-state index in [1.807, 2.05) is 31.2 Å². The van der Waals surface area contributed by atoms with Gasteiger partial charge in [0.25, 0.3) is 0 Å². The van der Waals surface area contributed by atoms with Gasteiger partial charge in [-0.25, -0.2) is 0 Å². The third kappa shape index (κ3) is 3.36. The summed E-state index contributed by atoms with van der Waals surface area (Å²) in [7, 11) is 1.66. The Kier molecular flexibility index (Phi) is 4.43. The highest BCUT2D eigenvalue weighted by Crippen LogP contribution is 2.12. The lowest BCUT2D eigenvalue weighted by Gasteiger charge is -2.11. The van der Waals surface area contributed by atoms with Gasteiger partial charge < -0.3 is 14.6 Å². The highest BCUT2D eigenvalue weighted by molar-refractivity contribution is 5.26. The maximum absolute atomic E-state index is 8.82. The summed E-state index contributed by atoms with van der Waals surface area (Å²) in [6.07, 6.45) is 0.0903. The van der Waals surface area contributed by atoms with E-state index >= 15 is 0 Å².